The van der Waals surface area contributed by atoms with Gasteiger partial charge in [-0.25, -0.2) is 9.37 Å². The van der Waals surface area contributed by atoms with E-state index in [-0.39, 0.29) is 43.3 Å². The largest absolute Gasteiger partial charge is 0.491 e. The number of anilines is 1. The van der Waals surface area contributed by atoms with Gasteiger partial charge < -0.3 is 39.1 Å². The second-order valence-electron chi connectivity index (χ2n) is 9.86. The number of benzene rings is 1. The van der Waals surface area contributed by atoms with Gasteiger partial charge >= 0.3 is 0 Å². The number of nitrogens with zero attached hydrogens (tertiary/aromatic N) is 2. The van der Waals surface area contributed by atoms with E-state index in [0.29, 0.717) is 52.8 Å². The van der Waals surface area contributed by atoms with Crippen LogP contribution in [-0.4, -0.2) is 77.0 Å². The average Bonchev–Trinajstić information content (AvgIpc) is 3.60. The van der Waals surface area contributed by atoms with E-state index in [1.165, 1.54) is 6.07 Å². The van der Waals surface area contributed by atoms with Crippen molar-refractivity contribution in [1.29, 1.82) is 0 Å². The molecule has 5 heterocycles. The quantitative estimate of drug-likeness (QED) is 0.422. The third-order valence-corrected chi connectivity index (χ3v) is 7.72. The molecule has 3 saturated heterocycles. The number of aliphatic hydroxyl groups is 1. The van der Waals surface area contributed by atoms with Gasteiger partial charge in [0.1, 0.15) is 42.3 Å². The first-order chi connectivity index (χ1) is 18.0. The van der Waals surface area contributed by atoms with Gasteiger partial charge in [0.15, 0.2) is 11.8 Å². The highest BCUT2D eigenvalue weighted by atomic mass is 35.5. The predicted octanol–water partition coefficient (Wildman–Crippen LogP) is 2.92. The molecule has 0 amide bonds. The minimum atomic E-state index is -0.657. The van der Waals surface area contributed by atoms with Crippen LogP contribution in [0, 0.1) is 5.82 Å². The van der Waals surface area contributed by atoms with E-state index in [4.69, 9.17) is 35.3 Å². The maximum atomic E-state index is 15.1. The number of aromatic amines is 1. The zero-order valence-electron chi connectivity index (χ0n) is 19.8. The van der Waals surface area contributed by atoms with E-state index in [1.54, 1.807) is 6.07 Å². The molecule has 1 aromatic carbocycles. The van der Waals surface area contributed by atoms with Crippen LogP contribution in [0.25, 0.3) is 11.2 Å². The molecular weight excluding hydrogens is 507 g/mol. The Labute approximate surface area is 216 Å². The van der Waals surface area contributed by atoms with Crippen molar-refractivity contribution in [1.82, 2.24) is 15.0 Å². The summed E-state index contributed by atoms with van der Waals surface area (Å²) in [4.78, 5) is 12.1. The molecule has 37 heavy (non-hydrogen) atoms. The minimum Gasteiger partial charge on any atom is -0.491 e. The molecule has 2 aromatic heterocycles. The second kappa shape index (κ2) is 9.25. The Kier molecular flexibility index (Phi) is 5.85. The molecule has 3 N–H and O–H groups in total. The molecule has 3 fully saturated rings. The Hall–Kier alpha value is -2.70. The fraction of sp³-hybridized carbons (Fsp3) is 0.520. The SMILES string of the molecule is O[C@@H]1CO[C@H]2[C@@H]1OC[C@H]2Oc1nc2nc(NC3CCc4cc(OCC5CCO5)cc(F)c43)c(Cl)cc2[nH]1. The summed E-state index contributed by atoms with van der Waals surface area (Å²) >= 11 is 6.53. The van der Waals surface area contributed by atoms with E-state index < -0.39 is 18.3 Å². The first kappa shape index (κ1) is 23.4. The number of aryl methyl sites for hydroxylation is 1. The summed E-state index contributed by atoms with van der Waals surface area (Å²) < 4.78 is 43.4. The summed E-state index contributed by atoms with van der Waals surface area (Å²) in [5.41, 5.74) is 2.52. The molecule has 196 valence electrons. The number of fused-ring (bicyclic) bond motifs is 3. The standard InChI is InChI=1S/C25H26ClFN4O6/c26-14-7-17-24(31-25(29-17)37-19-10-36-21-18(32)9-35-22(19)21)30-23(14)28-16-2-1-11-5-13(6-15(27)20(11)16)34-8-12-3-4-33-12/h5-7,12,16,18-19,21-22,32H,1-4,8-10H2,(H2,28,29,30,31)/t12?,16?,18-,19-,21-,22-/m1/s1. The molecule has 12 heteroatoms. The lowest BCUT2D eigenvalue weighted by molar-refractivity contribution is -0.0721. The minimum absolute atomic E-state index is 0.0918. The van der Waals surface area contributed by atoms with Crippen LogP contribution in [0.4, 0.5) is 10.2 Å². The van der Waals surface area contributed by atoms with Gasteiger partial charge in [-0.2, -0.15) is 4.98 Å². The smallest absolute Gasteiger partial charge is 0.296 e. The van der Waals surface area contributed by atoms with Crippen molar-refractivity contribution in [3.8, 4) is 11.8 Å². The molecule has 0 bridgehead atoms. The number of hydrogen-bond acceptors (Lipinski definition) is 9. The number of ether oxygens (including phenoxy) is 5. The lowest BCUT2D eigenvalue weighted by atomic mass is 10.1. The Morgan fingerprint density at radius 3 is 2.84 bits per heavy atom. The van der Waals surface area contributed by atoms with Gasteiger partial charge in [-0.1, -0.05) is 11.6 Å². The van der Waals surface area contributed by atoms with Crippen LogP contribution in [0.3, 0.4) is 0 Å². The van der Waals surface area contributed by atoms with Crippen molar-refractivity contribution in [2.75, 3.05) is 31.7 Å². The van der Waals surface area contributed by atoms with Gasteiger partial charge in [0.25, 0.3) is 6.01 Å². The molecule has 4 aliphatic rings. The molecule has 0 radical (unpaired) electrons. The molecule has 1 aliphatic carbocycles. The van der Waals surface area contributed by atoms with Crippen molar-refractivity contribution in [3.05, 3.63) is 40.2 Å². The van der Waals surface area contributed by atoms with Crippen molar-refractivity contribution in [2.24, 2.45) is 0 Å². The van der Waals surface area contributed by atoms with E-state index in [0.717, 1.165) is 18.6 Å². The summed E-state index contributed by atoms with van der Waals surface area (Å²) in [6.07, 6.45) is 0.661. The van der Waals surface area contributed by atoms with Gasteiger partial charge in [-0.15, -0.1) is 0 Å². The zero-order chi connectivity index (χ0) is 25.1. The molecule has 0 spiro atoms. The number of H-pyrrole nitrogens is 1. The highest BCUT2D eigenvalue weighted by Crippen LogP contribution is 2.39. The fourth-order valence-electron chi connectivity index (χ4n) is 5.43. The molecule has 6 atom stereocenters. The summed E-state index contributed by atoms with van der Waals surface area (Å²) in [6, 6.07) is 5.01. The Balaban J connectivity index is 1.07. The first-order valence-corrected chi connectivity index (χ1v) is 12.9. The number of pyridine rings is 1. The van der Waals surface area contributed by atoms with Crippen LogP contribution < -0.4 is 14.8 Å². The Bertz CT molecular complexity index is 1340. The third kappa shape index (κ3) is 4.28. The van der Waals surface area contributed by atoms with Crippen LogP contribution >= 0.6 is 11.6 Å². The first-order valence-electron chi connectivity index (χ1n) is 12.5. The lowest BCUT2D eigenvalue weighted by Crippen LogP contribution is -2.34. The Morgan fingerprint density at radius 2 is 2.00 bits per heavy atom. The highest BCUT2D eigenvalue weighted by molar-refractivity contribution is 6.33. The predicted molar refractivity (Wildman–Crippen MR) is 130 cm³/mol. The average molecular weight is 533 g/mol. The number of halogens is 2. The van der Waals surface area contributed by atoms with Crippen LogP contribution in [0.1, 0.15) is 30.0 Å². The maximum absolute atomic E-state index is 15.1. The van der Waals surface area contributed by atoms with Crippen molar-refractivity contribution < 1.29 is 33.2 Å². The summed E-state index contributed by atoms with van der Waals surface area (Å²) in [7, 11) is 0. The number of aromatic nitrogens is 3. The number of hydrogen-bond donors (Lipinski definition) is 3. The molecule has 2 unspecified atom stereocenters. The molecule has 3 aromatic rings. The normalized spacial score (nSPS) is 30.2. The fourth-order valence-corrected chi connectivity index (χ4v) is 5.63. The van der Waals surface area contributed by atoms with Crippen molar-refractivity contribution in [3.63, 3.8) is 0 Å². The second-order valence-corrected chi connectivity index (χ2v) is 10.3. The van der Waals surface area contributed by atoms with E-state index >= 15 is 4.39 Å². The number of imidazole rings is 1. The van der Waals surface area contributed by atoms with Crippen LogP contribution in [0.15, 0.2) is 18.2 Å². The van der Waals surface area contributed by atoms with E-state index in [1.807, 2.05) is 6.07 Å². The highest BCUT2D eigenvalue weighted by Gasteiger charge is 2.48. The van der Waals surface area contributed by atoms with E-state index in [2.05, 4.69) is 20.3 Å². The van der Waals surface area contributed by atoms with Gasteiger partial charge in [-0.05, 0) is 30.5 Å². The van der Waals surface area contributed by atoms with Gasteiger partial charge in [0.2, 0.25) is 0 Å². The van der Waals surface area contributed by atoms with Gasteiger partial charge in [0.05, 0.1) is 35.9 Å². The summed E-state index contributed by atoms with van der Waals surface area (Å²) in [5, 5.41) is 13.6. The van der Waals surface area contributed by atoms with Crippen LogP contribution in [0.5, 0.6) is 11.8 Å². The molecule has 3 aliphatic heterocycles. The molecule has 10 nitrogen and oxygen atoms in total. The van der Waals surface area contributed by atoms with Gasteiger partial charge in [-0.3, -0.25) is 0 Å². The monoisotopic (exact) mass is 532 g/mol. The number of nitrogens with one attached hydrogen (secondary N) is 2. The number of rotatable bonds is 7. The zero-order valence-corrected chi connectivity index (χ0v) is 20.5. The van der Waals surface area contributed by atoms with Crippen molar-refractivity contribution >= 4 is 28.6 Å². The molecule has 7 rings (SSSR count). The third-order valence-electron chi connectivity index (χ3n) is 7.43. The Morgan fingerprint density at radius 1 is 1.14 bits per heavy atom. The van der Waals surface area contributed by atoms with E-state index in [9.17, 15) is 5.11 Å². The van der Waals surface area contributed by atoms with Gasteiger partial charge in [0, 0.05) is 24.7 Å². The topological polar surface area (TPSA) is 120 Å². The summed E-state index contributed by atoms with van der Waals surface area (Å²) in [6.45, 7) is 1.69. The van der Waals surface area contributed by atoms with Crippen LogP contribution in [-0.2, 0) is 20.6 Å². The lowest BCUT2D eigenvalue weighted by Gasteiger charge is -2.26. The number of aliphatic hydroxyl groups excluding tert-OH is 1. The summed E-state index contributed by atoms with van der Waals surface area (Å²) in [5.74, 6) is 0.616. The van der Waals surface area contributed by atoms with Crippen LogP contribution in [0.2, 0.25) is 5.02 Å². The van der Waals surface area contributed by atoms with Crippen molar-refractivity contribution in [2.45, 2.75) is 55.8 Å². The molecular formula is C25H26ClFN4O6. The maximum Gasteiger partial charge on any atom is 0.296 e. The molecule has 0 saturated carbocycles.